The summed E-state index contributed by atoms with van der Waals surface area (Å²) in [5.41, 5.74) is 13.0. The zero-order chi connectivity index (χ0) is 15.2. The second-order valence-corrected chi connectivity index (χ2v) is 4.69. The number of para-hydroxylation sites is 1. The lowest BCUT2D eigenvalue weighted by Gasteiger charge is -2.33. The number of benzene rings is 2. The molecule has 0 bridgehead atoms. The van der Waals surface area contributed by atoms with Crippen LogP contribution in [0.3, 0.4) is 0 Å². The van der Waals surface area contributed by atoms with Gasteiger partial charge < -0.3 is 11.1 Å². The second-order valence-electron chi connectivity index (χ2n) is 4.69. The number of halogens is 3. The molecule has 0 amide bonds. The van der Waals surface area contributed by atoms with Crippen LogP contribution in [0.5, 0.6) is 0 Å². The van der Waals surface area contributed by atoms with E-state index in [2.05, 4.69) is 10.3 Å². The van der Waals surface area contributed by atoms with Crippen LogP contribution in [0, 0.1) is 17.5 Å². The van der Waals surface area contributed by atoms with Crippen LogP contribution in [0.1, 0.15) is 11.1 Å². The molecule has 0 saturated heterocycles. The third-order valence-corrected chi connectivity index (χ3v) is 3.25. The summed E-state index contributed by atoms with van der Waals surface area (Å²) in [5.74, 6) is -5.80. The Kier molecular flexibility index (Phi) is 2.87. The van der Waals surface area contributed by atoms with Gasteiger partial charge in [-0.3, -0.25) is 5.73 Å². The molecule has 1 aliphatic rings. The SMILES string of the molecule is NC1=NC(N)(c2cc(F)c(F)c(F)c2)Nc2ccccc21. The Morgan fingerprint density at radius 2 is 1.67 bits per heavy atom. The van der Waals surface area contributed by atoms with Crippen molar-refractivity contribution in [1.29, 1.82) is 0 Å². The summed E-state index contributed by atoms with van der Waals surface area (Å²) >= 11 is 0. The summed E-state index contributed by atoms with van der Waals surface area (Å²) in [7, 11) is 0. The van der Waals surface area contributed by atoms with E-state index in [0.29, 0.717) is 11.3 Å². The molecule has 0 saturated carbocycles. The quantitative estimate of drug-likeness (QED) is 0.704. The maximum absolute atomic E-state index is 13.4. The van der Waals surface area contributed by atoms with E-state index in [1.807, 2.05) is 0 Å². The summed E-state index contributed by atoms with van der Waals surface area (Å²) in [5, 5.41) is 2.85. The van der Waals surface area contributed by atoms with E-state index in [4.69, 9.17) is 11.5 Å². The normalized spacial score (nSPS) is 20.5. The van der Waals surface area contributed by atoms with E-state index in [0.717, 1.165) is 12.1 Å². The molecule has 2 aromatic rings. The Morgan fingerprint density at radius 1 is 1.05 bits per heavy atom. The zero-order valence-corrected chi connectivity index (χ0v) is 10.7. The van der Waals surface area contributed by atoms with Crippen molar-refractivity contribution in [3.63, 3.8) is 0 Å². The van der Waals surface area contributed by atoms with Crippen LogP contribution in [0.25, 0.3) is 0 Å². The first-order valence-electron chi connectivity index (χ1n) is 6.07. The van der Waals surface area contributed by atoms with Gasteiger partial charge in [0.05, 0.1) is 0 Å². The molecule has 2 aromatic carbocycles. The number of nitrogens with two attached hydrogens (primary N) is 2. The molecular formula is C14H11F3N4. The molecule has 0 spiro atoms. The summed E-state index contributed by atoms with van der Waals surface area (Å²) < 4.78 is 39.8. The average molecular weight is 292 g/mol. The van der Waals surface area contributed by atoms with Crippen LogP contribution in [0.2, 0.25) is 0 Å². The van der Waals surface area contributed by atoms with Gasteiger partial charge in [0.1, 0.15) is 5.84 Å². The molecule has 0 aromatic heterocycles. The maximum Gasteiger partial charge on any atom is 0.211 e. The van der Waals surface area contributed by atoms with Crippen molar-refractivity contribution in [2.45, 2.75) is 5.79 Å². The molecular weight excluding hydrogens is 281 g/mol. The monoisotopic (exact) mass is 292 g/mol. The van der Waals surface area contributed by atoms with E-state index < -0.39 is 23.2 Å². The molecule has 0 aliphatic carbocycles. The van der Waals surface area contributed by atoms with E-state index in [1.54, 1.807) is 24.3 Å². The number of hydrogen-bond acceptors (Lipinski definition) is 4. The van der Waals surface area contributed by atoms with Gasteiger partial charge in [-0.2, -0.15) is 0 Å². The first-order valence-corrected chi connectivity index (χ1v) is 6.07. The van der Waals surface area contributed by atoms with Crippen LogP contribution >= 0.6 is 0 Å². The van der Waals surface area contributed by atoms with E-state index in [9.17, 15) is 13.2 Å². The fourth-order valence-corrected chi connectivity index (χ4v) is 2.21. The van der Waals surface area contributed by atoms with Crippen LogP contribution < -0.4 is 16.8 Å². The van der Waals surface area contributed by atoms with Gasteiger partial charge >= 0.3 is 0 Å². The van der Waals surface area contributed by atoms with Gasteiger partial charge in [-0.15, -0.1) is 0 Å². The Hall–Kier alpha value is -2.54. The molecule has 1 atom stereocenters. The molecule has 7 heteroatoms. The fraction of sp³-hybridized carbons (Fsp3) is 0.0714. The summed E-state index contributed by atoms with van der Waals surface area (Å²) in [6.07, 6.45) is 0. The molecule has 3 rings (SSSR count). The highest BCUT2D eigenvalue weighted by atomic mass is 19.2. The highest BCUT2D eigenvalue weighted by Crippen LogP contribution is 2.31. The number of rotatable bonds is 1. The highest BCUT2D eigenvalue weighted by Gasteiger charge is 2.33. The summed E-state index contributed by atoms with van der Waals surface area (Å²) in [6.45, 7) is 0. The number of anilines is 1. The molecule has 108 valence electrons. The predicted molar refractivity (Wildman–Crippen MR) is 73.0 cm³/mol. The first kappa shape index (κ1) is 13.4. The van der Waals surface area contributed by atoms with Crippen molar-refractivity contribution in [2.75, 3.05) is 5.32 Å². The number of nitrogens with zero attached hydrogens (tertiary/aromatic N) is 1. The van der Waals surface area contributed by atoms with Crippen LogP contribution in [0.15, 0.2) is 41.4 Å². The van der Waals surface area contributed by atoms with Crippen molar-refractivity contribution < 1.29 is 13.2 Å². The lowest BCUT2D eigenvalue weighted by Crippen LogP contribution is -2.47. The van der Waals surface area contributed by atoms with Crippen molar-refractivity contribution in [1.82, 2.24) is 0 Å². The standard InChI is InChI=1S/C14H11F3N4/c15-9-5-7(6-10(16)12(9)17)14(19)20-11-4-2-1-3-8(11)13(18)21-14/h1-6,20H,19H2,(H2,18,21). The summed E-state index contributed by atoms with van der Waals surface area (Å²) in [4.78, 5) is 4.04. The molecule has 4 nitrogen and oxygen atoms in total. The molecule has 1 unspecified atom stereocenters. The van der Waals surface area contributed by atoms with Crippen molar-refractivity contribution in [3.8, 4) is 0 Å². The van der Waals surface area contributed by atoms with Crippen molar-refractivity contribution >= 4 is 11.5 Å². The molecule has 21 heavy (non-hydrogen) atoms. The lowest BCUT2D eigenvalue weighted by molar-refractivity contribution is 0.436. The Balaban J connectivity index is 2.14. The minimum absolute atomic E-state index is 0.0728. The molecule has 5 N–H and O–H groups in total. The van der Waals surface area contributed by atoms with Crippen LogP contribution in [0.4, 0.5) is 18.9 Å². The Labute approximate surface area is 118 Å². The smallest absolute Gasteiger partial charge is 0.211 e. The van der Waals surface area contributed by atoms with E-state index in [-0.39, 0.29) is 11.4 Å². The van der Waals surface area contributed by atoms with Gasteiger partial charge in [0.15, 0.2) is 17.5 Å². The molecule has 1 aliphatic heterocycles. The van der Waals surface area contributed by atoms with E-state index >= 15 is 0 Å². The van der Waals surface area contributed by atoms with E-state index in [1.165, 1.54) is 0 Å². The van der Waals surface area contributed by atoms with Gasteiger partial charge in [0.25, 0.3) is 0 Å². The maximum atomic E-state index is 13.4. The predicted octanol–water partition coefficient (Wildman–Crippen LogP) is 2.00. The van der Waals surface area contributed by atoms with Gasteiger partial charge in [0, 0.05) is 16.8 Å². The van der Waals surface area contributed by atoms with Gasteiger partial charge in [0.2, 0.25) is 5.79 Å². The van der Waals surface area contributed by atoms with Crippen molar-refractivity contribution in [2.24, 2.45) is 16.5 Å². The lowest BCUT2D eigenvalue weighted by atomic mass is 10.0. The number of aliphatic imine (C=N–C) groups is 1. The topological polar surface area (TPSA) is 76.4 Å². The Morgan fingerprint density at radius 3 is 2.33 bits per heavy atom. The summed E-state index contributed by atoms with van der Waals surface area (Å²) in [6, 6.07) is 8.52. The first-order chi connectivity index (χ1) is 9.90. The number of fused-ring (bicyclic) bond motifs is 1. The molecule has 0 fully saturated rings. The average Bonchev–Trinajstić information content (AvgIpc) is 2.44. The third kappa shape index (κ3) is 2.11. The minimum Gasteiger partial charge on any atom is -0.383 e. The number of hydrogen-bond donors (Lipinski definition) is 3. The van der Waals surface area contributed by atoms with Gasteiger partial charge in [-0.1, -0.05) is 12.1 Å². The molecule has 0 radical (unpaired) electrons. The third-order valence-electron chi connectivity index (χ3n) is 3.25. The fourth-order valence-electron chi connectivity index (χ4n) is 2.21. The number of nitrogens with one attached hydrogen (secondary N) is 1. The van der Waals surface area contributed by atoms with Crippen LogP contribution in [-0.2, 0) is 5.79 Å². The second kappa shape index (κ2) is 4.49. The molecule has 1 heterocycles. The minimum atomic E-state index is -1.67. The highest BCUT2D eigenvalue weighted by molar-refractivity contribution is 6.04. The largest absolute Gasteiger partial charge is 0.383 e. The van der Waals surface area contributed by atoms with Crippen molar-refractivity contribution in [3.05, 3.63) is 65.0 Å². The number of amidine groups is 1. The van der Waals surface area contributed by atoms with Crippen LogP contribution in [-0.4, -0.2) is 5.84 Å². The zero-order valence-electron chi connectivity index (χ0n) is 10.7. The van der Waals surface area contributed by atoms with Gasteiger partial charge in [-0.25, -0.2) is 18.2 Å². The Bertz CT molecular complexity index is 737. The van der Waals surface area contributed by atoms with Gasteiger partial charge in [-0.05, 0) is 24.3 Å².